The van der Waals surface area contributed by atoms with Gasteiger partial charge in [0.15, 0.2) is 0 Å². The van der Waals surface area contributed by atoms with E-state index in [9.17, 15) is 4.79 Å². The third kappa shape index (κ3) is 2.47. The summed E-state index contributed by atoms with van der Waals surface area (Å²) >= 11 is 0. The fourth-order valence-corrected chi connectivity index (χ4v) is 1.90. The van der Waals surface area contributed by atoms with E-state index in [0.717, 1.165) is 19.4 Å². The minimum atomic E-state index is -0.324. The molecule has 82 valence electrons. The molecule has 1 amide bonds. The smallest absolute Gasteiger partial charge is 0.239 e. The van der Waals surface area contributed by atoms with Gasteiger partial charge in [0, 0.05) is 12.6 Å². The predicted octanol–water partition coefficient (Wildman–Crippen LogP) is 1.37. The molecule has 0 aromatic heterocycles. The van der Waals surface area contributed by atoms with Crippen LogP contribution in [0.3, 0.4) is 0 Å². The fourth-order valence-electron chi connectivity index (χ4n) is 1.90. The molecule has 0 aromatic carbocycles. The highest BCUT2D eigenvalue weighted by molar-refractivity contribution is 5.82. The molecular weight excluding hydrogens is 176 g/mol. The van der Waals surface area contributed by atoms with Crippen molar-refractivity contribution in [1.82, 2.24) is 4.90 Å². The van der Waals surface area contributed by atoms with Crippen LogP contribution in [0.25, 0.3) is 0 Å². The summed E-state index contributed by atoms with van der Waals surface area (Å²) in [7, 11) is 0. The van der Waals surface area contributed by atoms with Crippen molar-refractivity contribution < 1.29 is 4.79 Å². The Hall–Kier alpha value is -0.570. The van der Waals surface area contributed by atoms with Crippen molar-refractivity contribution in [2.45, 2.75) is 52.1 Å². The number of likely N-dealkylation sites (tertiary alicyclic amines) is 1. The van der Waals surface area contributed by atoms with Gasteiger partial charge in [-0.2, -0.15) is 0 Å². The Labute approximate surface area is 86.6 Å². The number of nitrogens with two attached hydrogens (primary N) is 1. The Balaban J connectivity index is 2.58. The molecule has 1 unspecified atom stereocenters. The third-order valence-electron chi connectivity index (χ3n) is 3.09. The van der Waals surface area contributed by atoms with Crippen molar-refractivity contribution in [3.8, 4) is 0 Å². The summed E-state index contributed by atoms with van der Waals surface area (Å²) < 4.78 is 0. The molecule has 0 saturated carbocycles. The Kier molecular flexibility index (Phi) is 3.93. The SMILES string of the molecule is CC(C)[C@H](N)C(=O)N1CCCCC1C. The van der Waals surface area contributed by atoms with E-state index >= 15 is 0 Å². The van der Waals surface area contributed by atoms with Gasteiger partial charge in [-0.3, -0.25) is 4.79 Å². The van der Waals surface area contributed by atoms with Gasteiger partial charge in [-0.1, -0.05) is 13.8 Å². The van der Waals surface area contributed by atoms with Gasteiger partial charge >= 0.3 is 0 Å². The molecule has 1 aliphatic rings. The van der Waals surface area contributed by atoms with E-state index in [0.29, 0.717) is 6.04 Å². The van der Waals surface area contributed by atoms with Crippen LogP contribution in [0.5, 0.6) is 0 Å². The van der Waals surface area contributed by atoms with Crippen molar-refractivity contribution in [3.05, 3.63) is 0 Å². The number of rotatable bonds is 2. The van der Waals surface area contributed by atoms with Crippen LogP contribution < -0.4 is 5.73 Å². The second-order valence-corrected chi connectivity index (χ2v) is 4.65. The van der Waals surface area contributed by atoms with E-state index in [-0.39, 0.29) is 17.9 Å². The Morgan fingerprint density at radius 1 is 1.43 bits per heavy atom. The highest BCUT2D eigenvalue weighted by atomic mass is 16.2. The molecule has 1 fully saturated rings. The summed E-state index contributed by atoms with van der Waals surface area (Å²) in [5.74, 6) is 0.365. The lowest BCUT2D eigenvalue weighted by atomic mass is 9.99. The van der Waals surface area contributed by atoms with Crippen LogP contribution in [-0.4, -0.2) is 29.4 Å². The van der Waals surface area contributed by atoms with Crippen molar-refractivity contribution in [2.24, 2.45) is 11.7 Å². The first-order chi connectivity index (χ1) is 6.54. The van der Waals surface area contributed by atoms with Crippen molar-refractivity contribution in [3.63, 3.8) is 0 Å². The maximum absolute atomic E-state index is 12.0. The minimum absolute atomic E-state index is 0.132. The van der Waals surface area contributed by atoms with E-state index in [1.54, 1.807) is 0 Å². The minimum Gasteiger partial charge on any atom is -0.339 e. The van der Waals surface area contributed by atoms with Crippen LogP contribution in [0, 0.1) is 5.92 Å². The zero-order valence-electron chi connectivity index (χ0n) is 9.49. The molecule has 2 atom stereocenters. The average molecular weight is 198 g/mol. The number of piperidine rings is 1. The van der Waals surface area contributed by atoms with Gasteiger partial charge in [0.2, 0.25) is 5.91 Å². The van der Waals surface area contributed by atoms with E-state index in [4.69, 9.17) is 5.73 Å². The number of amides is 1. The standard InChI is InChI=1S/C11H22N2O/c1-8(2)10(12)11(14)13-7-5-4-6-9(13)3/h8-10H,4-7,12H2,1-3H3/t9?,10-/m0/s1. The van der Waals surface area contributed by atoms with Crippen molar-refractivity contribution in [2.75, 3.05) is 6.54 Å². The lowest BCUT2D eigenvalue weighted by Crippen LogP contribution is -2.51. The molecule has 1 aliphatic heterocycles. The Morgan fingerprint density at radius 2 is 2.07 bits per heavy atom. The van der Waals surface area contributed by atoms with E-state index in [2.05, 4.69) is 6.92 Å². The van der Waals surface area contributed by atoms with E-state index < -0.39 is 0 Å². The maximum Gasteiger partial charge on any atom is 0.239 e. The molecule has 0 spiro atoms. The van der Waals surface area contributed by atoms with Gasteiger partial charge in [-0.05, 0) is 32.1 Å². The van der Waals surface area contributed by atoms with Crippen LogP contribution >= 0.6 is 0 Å². The maximum atomic E-state index is 12.0. The zero-order valence-corrected chi connectivity index (χ0v) is 9.49. The molecule has 0 bridgehead atoms. The van der Waals surface area contributed by atoms with Crippen LogP contribution in [0.15, 0.2) is 0 Å². The summed E-state index contributed by atoms with van der Waals surface area (Å²) in [6.07, 6.45) is 3.49. The predicted molar refractivity (Wildman–Crippen MR) is 57.8 cm³/mol. The normalized spacial score (nSPS) is 25.2. The monoisotopic (exact) mass is 198 g/mol. The molecule has 0 radical (unpaired) electrons. The summed E-state index contributed by atoms with van der Waals surface area (Å²) in [5, 5.41) is 0. The van der Waals surface area contributed by atoms with Crippen LogP contribution in [-0.2, 0) is 4.79 Å². The number of nitrogens with zero attached hydrogens (tertiary/aromatic N) is 1. The summed E-state index contributed by atoms with van der Waals surface area (Å²) in [5.41, 5.74) is 5.86. The lowest BCUT2D eigenvalue weighted by Gasteiger charge is -2.35. The molecule has 0 aromatic rings. The second-order valence-electron chi connectivity index (χ2n) is 4.65. The van der Waals surface area contributed by atoms with Gasteiger partial charge in [0.1, 0.15) is 0 Å². The first kappa shape index (κ1) is 11.5. The first-order valence-corrected chi connectivity index (χ1v) is 5.60. The largest absolute Gasteiger partial charge is 0.339 e. The van der Waals surface area contributed by atoms with Crippen molar-refractivity contribution >= 4 is 5.91 Å². The van der Waals surface area contributed by atoms with Crippen LogP contribution in [0.1, 0.15) is 40.0 Å². The average Bonchev–Trinajstić information content (AvgIpc) is 2.16. The number of hydrogen-bond acceptors (Lipinski definition) is 2. The fraction of sp³-hybridized carbons (Fsp3) is 0.909. The Bertz CT molecular complexity index is 203. The molecule has 3 heteroatoms. The van der Waals surface area contributed by atoms with Crippen molar-refractivity contribution in [1.29, 1.82) is 0 Å². The quantitative estimate of drug-likeness (QED) is 0.728. The van der Waals surface area contributed by atoms with Gasteiger partial charge in [-0.15, -0.1) is 0 Å². The zero-order chi connectivity index (χ0) is 10.7. The second kappa shape index (κ2) is 4.78. The molecule has 14 heavy (non-hydrogen) atoms. The number of carbonyl (C=O) groups excluding carboxylic acids is 1. The van der Waals surface area contributed by atoms with Crippen LogP contribution in [0.4, 0.5) is 0 Å². The van der Waals surface area contributed by atoms with Gasteiger partial charge < -0.3 is 10.6 Å². The van der Waals surface area contributed by atoms with E-state index in [1.165, 1.54) is 6.42 Å². The molecular formula is C11H22N2O. The topological polar surface area (TPSA) is 46.3 Å². The number of carbonyl (C=O) groups is 1. The molecule has 1 heterocycles. The molecule has 2 N–H and O–H groups in total. The van der Waals surface area contributed by atoms with Gasteiger partial charge in [0.05, 0.1) is 6.04 Å². The molecule has 3 nitrogen and oxygen atoms in total. The van der Waals surface area contributed by atoms with E-state index in [1.807, 2.05) is 18.7 Å². The molecule has 1 saturated heterocycles. The third-order valence-corrected chi connectivity index (χ3v) is 3.09. The number of hydrogen-bond donors (Lipinski definition) is 1. The van der Waals surface area contributed by atoms with Crippen LogP contribution in [0.2, 0.25) is 0 Å². The van der Waals surface area contributed by atoms with Gasteiger partial charge in [-0.25, -0.2) is 0 Å². The highest BCUT2D eigenvalue weighted by Gasteiger charge is 2.28. The molecule has 0 aliphatic carbocycles. The van der Waals surface area contributed by atoms with Gasteiger partial charge in [0.25, 0.3) is 0 Å². The Morgan fingerprint density at radius 3 is 2.57 bits per heavy atom. The summed E-state index contributed by atoms with van der Waals surface area (Å²) in [6, 6.07) is 0.0524. The first-order valence-electron chi connectivity index (χ1n) is 5.60. The summed E-state index contributed by atoms with van der Waals surface area (Å²) in [4.78, 5) is 13.9. The lowest BCUT2D eigenvalue weighted by molar-refractivity contribution is -0.136. The summed E-state index contributed by atoms with van der Waals surface area (Å²) in [6.45, 7) is 7.00. The molecule has 1 rings (SSSR count). The highest BCUT2D eigenvalue weighted by Crippen LogP contribution is 2.18.